The Balaban J connectivity index is 2.01. The van der Waals surface area contributed by atoms with E-state index in [1.165, 1.54) is 5.01 Å². The molecule has 2 aromatic rings. The largest absolute Gasteiger partial charge is 0.491 e. The van der Waals surface area contributed by atoms with E-state index in [-0.39, 0.29) is 37.7 Å². The topological polar surface area (TPSA) is 134 Å². The van der Waals surface area contributed by atoms with Crippen LogP contribution in [0.4, 0.5) is 0 Å². The Labute approximate surface area is 225 Å². The second-order valence-electron chi connectivity index (χ2n) is 8.82. The Morgan fingerprint density at radius 1 is 1.06 bits per heavy atom. The van der Waals surface area contributed by atoms with Gasteiger partial charge in [0, 0.05) is 5.41 Å². The number of benzene rings is 2. The highest BCUT2D eigenvalue weighted by molar-refractivity contribution is 14.1. The van der Waals surface area contributed by atoms with Gasteiger partial charge in [0.05, 0.1) is 28.4 Å². The fourth-order valence-electron chi connectivity index (χ4n) is 3.45. The number of ether oxygens (including phenoxy) is 2. The lowest BCUT2D eigenvalue weighted by Crippen LogP contribution is -2.41. The molecule has 0 saturated carbocycles. The highest BCUT2D eigenvalue weighted by Gasteiger charge is 2.24. The Morgan fingerprint density at radius 3 is 2.20 bits per heavy atom. The summed E-state index contributed by atoms with van der Waals surface area (Å²) in [6.07, 6.45) is -1.57. The van der Waals surface area contributed by atoms with Gasteiger partial charge in [-0.3, -0.25) is 0 Å². The normalized spacial score (nSPS) is 14.2. The summed E-state index contributed by atoms with van der Waals surface area (Å²) >= 11 is 7.50. The molecule has 0 aliphatic rings. The molecule has 194 valence electrons. The molecule has 35 heavy (non-hydrogen) atoms. The molecule has 0 spiro atoms. The van der Waals surface area contributed by atoms with Gasteiger partial charge in [0.25, 0.3) is 0 Å². The number of alkyl halides is 1. The van der Waals surface area contributed by atoms with Crippen molar-refractivity contribution >= 4 is 34.2 Å². The Bertz CT molecular complexity index is 984. The van der Waals surface area contributed by atoms with Crippen LogP contribution in [0.25, 0.3) is 0 Å². The van der Waals surface area contributed by atoms with Crippen LogP contribution in [-0.2, 0) is 5.41 Å². The summed E-state index contributed by atoms with van der Waals surface area (Å²) in [7, 11) is 0. The van der Waals surface area contributed by atoms with Crippen LogP contribution in [0.15, 0.2) is 51.9 Å². The van der Waals surface area contributed by atoms with Crippen molar-refractivity contribution in [1.29, 1.82) is 0 Å². The van der Waals surface area contributed by atoms with Crippen molar-refractivity contribution in [3.63, 3.8) is 0 Å². The number of aliphatic hydroxyl groups excluding tert-OH is 3. The van der Waals surface area contributed by atoms with Crippen LogP contribution in [0.3, 0.4) is 0 Å². The molecule has 0 bridgehead atoms. The summed E-state index contributed by atoms with van der Waals surface area (Å²) in [4.78, 5) is 0. The summed E-state index contributed by atoms with van der Waals surface area (Å²) in [5.41, 5.74) is 8.94. The number of hydrogen-bond donors (Lipinski definition) is 5. The highest BCUT2D eigenvalue weighted by atomic mass is 127. The van der Waals surface area contributed by atoms with Crippen molar-refractivity contribution in [3.05, 3.63) is 68.6 Å². The van der Waals surface area contributed by atoms with Gasteiger partial charge in [0.1, 0.15) is 36.9 Å². The second-order valence-corrected chi connectivity index (χ2v) is 10.3. The first kappa shape index (κ1) is 29.5. The lowest BCUT2D eigenvalue weighted by atomic mass is 9.77. The molecule has 2 rings (SSSR count). The van der Waals surface area contributed by atoms with Crippen LogP contribution in [0, 0.1) is 6.92 Å². The molecule has 0 aromatic heterocycles. The number of nitrogens with zero attached hydrogens (tertiary/aromatic N) is 1. The lowest BCUT2D eigenvalue weighted by molar-refractivity contribution is 0.0745. The molecule has 2 atom stereocenters. The highest BCUT2D eigenvalue weighted by Crippen LogP contribution is 2.34. The SMILES string of the molecule is Cc1cc(C(C)(C)c2ccc(OCC(O)CN(N)C(CO)=C(N)I)cc2)ccc1OCC(O)CCl. The van der Waals surface area contributed by atoms with E-state index in [0.29, 0.717) is 15.2 Å². The Kier molecular flexibility index (Phi) is 11.4. The summed E-state index contributed by atoms with van der Waals surface area (Å²) in [5.74, 6) is 7.34. The third-order valence-corrected chi connectivity index (χ3v) is 6.68. The molecule has 10 heteroatoms. The molecule has 0 fully saturated rings. The molecular weight excluding hydrogens is 585 g/mol. The number of hydrogen-bond acceptors (Lipinski definition) is 8. The second kappa shape index (κ2) is 13.5. The average Bonchev–Trinajstić information content (AvgIpc) is 2.82. The number of hydrazine groups is 1. The molecule has 7 N–H and O–H groups in total. The molecule has 0 radical (unpaired) electrons. The zero-order valence-corrected chi connectivity index (χ0v) is 23.2. The number of aryl methyl sites for hydroxylation is 1. The molecule has 0 aliphatic carbocycles. The summed E-state index contributed by atoms with van der Waals surface area (Å²) in [6.45, 7) is 6.19. The third-order valence-electron chi connectivity index (χ3n) is 5.70. The first-order chi connectivity index (χ1) is 16.5. The van der Waals surface area contributed by atoms with E-state index in [1.54, 1.807) is 0 Å². The predicted octanol–water partition coefficient (Wildman–Crippen LogP) is 2.77. The molecule has 0 saturated heterocycles. The number of rotatable bonds is 13. The van der Waals surface area contributed by atoms with E-state index >= 15 is 0 Å². The van der Waals surface area contributed by atoms with Crippen LogP contribution in [0.1, 0.15) is 30.5 Å². The van der Waals surface area contributed by atoms with Gasteiger partial charge in [-0.25, -0.2) is 5.84 Å². The van der Waals surface area contributed by atoms with Gasteiger partial charge >= 0.3 is 0 Å². The maximum absolute atomic E-state index is 10.2. The van der Waals surface area contributed by atoms with Crippen molar-refractivity contribution in [1.82, 2.24) is 5.01 Å². The molecule has 2 unspecified atom stereocenters. The number of nitrogens with two attached hydrogens (primary N) is 2. The summed E-state index contributed by atoms with van der Waals surface area (Å²) in [6, 6.07) is 13.7. The van der Waals surface area contributed by atoms with E-state index in [0.717, 1.165) is 22.4 Å². The fraction of sp³-hybridized carbons (Fsp3) is 0.440. The average molecular weight is 620 g/mol. The smallest absolute Gasteiger partial charge is 0.122 e. The minimum atomic E-state index is -0.873. The standard InChI is InChI=1S/C25H35ClIN3O5/c1-16-10-18(6-9-23(16)35-14-19(32)11-26)25(2,3)17-4-7-21(8-5-17)34-15-20(33)12-30(29)22(13-31)24(27)28/h4-10,19-20,31-33H,11-15,28-29H2,1-3H3. The van der Waals surface area contributed by atoms with Crippen LogP contribution >= 0.6 is 34.2 Å². The first-order valence-corrected chi connectivity index (χ1v) is 12.8. The van der Waals surface area contributed by atoms with E-state index in [9.17, 15) is 15.3 Å². The molecule has 8 nitrogen and oxygen atoms in total. The van der Waals surface area contributed by atoms with E-state index in [2.05, 4.69) is 19.9 Å². The molecule has 0 amide bonds. The minimum absolute atomic E-state index is 0.0371. The molecule has 2 aromatic carbocycles. The predicted molar refractivity (Wildman–Crippen MR) is 147 cm³/mol. The lowest BCUT2D eigenvalue weighted by Gasteiger charge is -2.27. The zero-order chi connectivity index (χ0) is 26.2. The van der Waals surface area contributed by atoms with Crippen LogP contribution in [0.2, 0.25) is 0 Å². The van der Waals surface area contributed by atoms with E-state index < -0.39 is 12.2 Å². The van der Waals surface area contributed by atoms with Crippen molar-refractivity contribution in [2.24, 2.45) is 11.6 Å². The third kappa shape index (κ3) is 8.40. The van der Waals surface area contributed by atoms with Gasteiger partial charge in [-0.2, -0.15) is 0 Å². The van der Waals surface area contributed by atoms with Crippen molar-refractivity contribution in [3.8, 4) is 11.5 Å². The number of aliphatic hydroxyl groups is 3. The Morgan fingerprint density at radius 2 is 1.66 bits per heavy atom. The minimum Gasteiger partial charge on any atom is -0.491 e. The maximum Gasteiger partial charge on any atom is 0.122 e. The molecule has 0 aliphatic heterocycles. The van der Waals surface area contributed by atoms with Crippen molar-refractivity contribution in [2.75, 3.05) is 32.2 Å². The number of halogens is 2. The van der Waals surface area contributed by atoms with Gasteiger partial charge in [-0.1, -0.05) is 38.1 Å². The van der Waals surface area contributed by atoms with Crippen LogP contribution in [0.5, 0.6) is 11.5 Å². The monoisotopic (exact) mass is 619 g/mol. The maximum atomic E-state index is 10.2. The van der Waals surface area contributed by atoms with Crippen molar-refractivity contribution < 1.29 is 24.8 Å². The van der Waals surface area contributed by atoms with Gasteiger partial charge in [-0.15, -0.1) is 11.6 Å². The van der Waals surface area contributed by atoms with Gasteiger partial charge in [-0.05, 0) is 64.4 Å². The molecule has 0 heterocycles. The molecular formula is C25H35ClIN3O5. The fourth-order valence-corrected chi connectivity index (χ4v) is 4.02. The summed E-state index contributed by atoms with van der Waals surface area (Å²) in [5, 5.41) is 30.4. The quantitative estimate of drug-likeness (QED) is 0.0760. The first-order valence-electron chi connectivity index (χ1n) is 11.2. The summed E-state index contributed by atoms with van der Waals surface area (Å²) < 4.78 is 11.8. The van der Waals surface area contributed by atoms with Crippen LogP contribution in [-0.4, -0.2) is 64.8 Å². The van der Waals surface area contributed by atoms with Gasteiger partial charge in [0.2, 0.25) is 0 Å². The van der Waals surface area contributed by atoms with Crippen molar-refractivity contribution in [2.45, 2.75) is 38.4 Å². The van der Waals surface area contributed by atoms with Gasteiger partial charge in [0.15, 0.2) is 0 Å². The van der Waals surface area contributed by atoms with Crippen LogP contribution < -0.4 is 21.1 Å². The zero-order valence-electron chi connectivity index (χ0n) is 20.2. The van der Waals surface area contributed by atoms with E-state index in [1.807, 2.05) is 65.9 Å². The van der Waals surface area contributed by atoms with Gasteiger partial charge < -0.3 is 35.5 Å². The van der Waals surface area contributed by atoms with E-state index in [4.69, 9.17) is 32.7 Å². The Hall–Kier alpha value is -1.76.